The Bertz CT molecular complexity index is 269. The first kappa shape index (κ1) is 8.41. The zero-order valence-electron chi connectivity index (χ0n) is 6.94. The van der Waals surface area contributed by atoms with E-state index in [-0.39, 0.29) is 0 Å². The van der Waals surface area contributed by atoms with Gasteiger partial charge in [0.05, 0.1) is 12.1 Å². The van der Waals surface area contributed by atoms with E-state index in [9.17, 15) is 0 Å². The molecule has 1 aromatic rings. The number of hydrogen-bond donors (Lipinski definition) is 0. The van der Waals surface area contributed by atoms with E-state index in [1.54, 1.807) is 7.11 Å². The van der Waals surface area contributed by atoms with E-state index in [0.717, 1.165) is 21.9 Å². The average molecular weight is 171 g/mol. The first-order chi connectivity index (χ1) is 5.16. The summed E-state index contributed by atoms with van der Waals surface area (Å²) >= 11 is 5.98. The molecule has 0 aliphatic heterocycles. The normalized spacial score (nSPS) is 9.82. The number of rotatable bonds is 1. The summed E-state index contributed by atoms with van der Waals surface area (Å²) in [6, 6.07) is 3.88. The molecule has 0 aliphatic carbocycles. The van der Waals surface area contributed by atoms with E-state index in [2.05, 4.69) is 0 Å². The van der Waals surface area contributed by atoms with Gasteiger partial charge in [-0.05, 0) is 25.5 Å². The van der Waals surface area contributed by atoms with Crippen LogP contribution in [-0.2, 0) is 0 Å². The Balaban J connectivity index is 3.25. The molecule has 0 N–H and O–H groups in total. The highest BCUT2D eigenvalue weighted by Crippen LogP contribution is 2.27. The fourth-order valence-corrected chi connectivity index (χ4v) is 1.18. The summed E-state index contributed by atoms with van der Waals surface area (Å²) < 4.78 is 5.10. The van der Waals surface area contributed by atoms with E-state index in [4.69, 9.17) is 16.3 Å². The Labute approximate surface area is 71.9 Å². The Morgan fingerprint density at radius 2 is 1.91 bits per heavy atom. The van der Waals surface area contributed by atoms with Crippen LogP contribution in [0.5, 0.6) is 5.75 Å². The molecule has 0 unspecified atom stereocenters. The smallest absolute Gasteiger partial charge is 0.123 e. The fraction of sp³-hybridized carbons (Fsp3) is 0.333. The molecular formula is C9H11ClO. The number of aryl methyl sites for hydroxylation is 1. The minimum absolute atomic E-state index is 0.796. The molecule has 0 heterocycles. The number of halogens is 1. The van der Waals surface area contributed by atoms with Gasteiger partial charge in [-0.15, -0.1) is 0 Å². The van der Waals surface area contributed by atoms with Crippen molar-refractivity contribution in [1.29, 1.82) is 0 Å². The first-order valence-corrected chi connectivity index (χ1v) is 3.84. The van der Waals surface area contributed by atoms with E-state index >= 15 is 0 Å². The SMILES string of the molecule is COc1ccc(C)c(Cl)c1C. The predicted octanol–water partition coefficient (Wildman–Crippen LogP) is 2.97. The molecule has 0 atom stereocenters. The van der Waals surface area contributed by atoms with Crippen LogP contribution in [0.25, 0.3) is 0 Å². The Hall–Kier alpha value is -0.690. The Morgan fingerprint density at radius 1 is 1.27 bits per heavy atom. The molecule has 0 aromatic heterocycles. The third kappa shape index (κ3) is 1.48. The lowest BCUT2D eigenvalue weighted by atomic mass is 10.1. The number of benzene rings is 1. The van der Waals surface area contributed by atoms with Gasteiger partial charge in [-0.1, -0.05) is 17.7 Å². The van der Waals surface area contributed by atoms with Gasteiger partial charge in [0.1, 0.15) is 5.75 Å². The van der Waals surface area contributed by atoms with Crippen LogP contribution < -0.4 is 4.74 Å². The summed E-state index contributed by atoms with van der Waals surface area (Å²) in [5.41, 5.74) is 2.10. The minimum Gasteiger partial charge on any atom is -0.496 e. The van der Waals surface area contributed by atoms with Crippen molar-refractivity contribution in [3.63, 3.8) is 0 Å². The maximum atomic E-state index is 5.98. The molecule has 1 aromatic carbocycles. The van der Waals surface area contributed by atoms with Crippen LogP contribution in [0.4, 0.5) is 0 Å². The Kier molecular flexibility index (Phi) is 2.40. The van der Waals surface area contributed by atoms with Crippen molar-refractivity contribution in [2.24, 2.45) is 0 Å². The Morgan fingerprint density at radius 3 is 2.45 bits per heavy atom. The second-order valence-corrected chi connectivity index (χ2v) is 2.90. The van der Waals surface area contributed by atoms with Crippen molar-refractivity contribution in [3.8, 4) is 5.75 Å². The number of hydrogen-bond acceptors (Lipinski definition) is 1. The second kappa shape index (κ2) is 3.14. The summed E-state index contributed by atoms with van der Waals surface area (Å²) in [6.07, 6.45) is 0. The molecule has 0 bridgehead atoms. The molecule has 0 fully saturated rings. The van der Waals surface area contributed by atoms with Gasteiger partial charge < -0.3 is 4.74 Å². The van der Waals surface area contributed by atoms with Crippen molar-refractivity contribution in [2.45, 2.75) is 13.8 Å². The van der Waals surface area contributed by atoms with Crippen LogP contribution in [0.3, 0.4) is 0 Å². The quantitative estimate of drug-likeness (QED) is 0.630. The van der Waals surface area contributed by atoms with Crippen LogP contribution in [0, 0.1) is 13.8 Å². The summed E-state index contributed by atoms with van der Waals surface area (Å²) in [4.78, 5) is 0. The largest absolute Gasteiger partial charge is 0.496 e. The van der Waals surface area contributed by atoms with Crippen molar-refractivity contribution < 1.29 is 4.74 Å². The van der Waals surface area contributed by atoms with E-state index in [0.29, 0.717) is 0 Å². The molecule has 0 spiro atoms. The zero-order valence-corrected chi connectivity index (χ0v) is 7.70. The summed E-state index contributed by atoms with van der Waals surface area (Å²) in [7, 11) is 1.65. The van der Waals surface area contributed by atoms with Crippen LogP contribution in [0.15, 0.2) is 12.1 Å². The molecule has 1 rings (SSSR count). The minimum atomic E-state index is 0.796. The summed E-state index contributed by atoms with van der Waals surface area (Å²) in [5.74, 6) is 0.848. The average Bonchev–Trinajstić information content (AvgIpc) is 2.01. The van der Waals surface area contributed by atoms with E-state index < -0.39 is 0 Å². The fourth-order valence-electron chi connectivity index (χ4n) is 1.02. The summed E-state index contributed by atoms with van der Waals surface area (Å²) in [6.45, 7) is 3.93. The lowest BCUT2D eigenvalue weighted by molar-refractivity contribution is 0.411. The highest BCUT2D eigenvalue weighted by molar-refractivity contribution is 6.32. The van der Waals surface area contributed by atoms with Gasteiger partial charge in [0.2, 0.25) is 0 Å². The third-order valence-corrected chi connectivity index (χ3v) is 2.33. The van der Waals surface area contributed by atoms with Gasteiger partial charge in [0.25, 0.3) is 0 Å². The first-order valence-electron chi connectivity index (χ1n) is 3.46. The molecule has 60 valence electrons. The molecule has 0 saturated carbocycles. The molecule has 2 heteroatoms. The van der Waals surface area contributed by atoms with Crippen molar-refractivity contribution in [3.05, 3.63) is 28.3 Å². The van der Waals surface area contributed by atoms with Crippen molar-refractivity contribution in [2.75, 3.05) is 7.11 Å². The molecule has 0 amide bonds. The van der Waals surface area contributed by atoms with E-state index in [1.165, 1.54) is 0 Å². The summed E-state index contributed by atoms with van der Waals surface area (Å²) in [5, 5.41) is 0.796. The van der Waals surface area contributed by atoms with Gasteiger partial charge >= 0.3 is 0 Å². The molecule has 0 radical (unpaired) electrons. The molecule has 1 nitrogen and oxygen atoms in total. The van der Waals surface area contributed by atoms with Crippen molar-refractivity contribution in [1.82, 2.24) is 0 Å². The van der Waals surface area contributed by atoms with Crippen LogP contribution in [0.1, 0.15) is 11.1 Å². The zero-order chi connectivity index (χ0) is 8.43. The number of methoxy groups -OCH3 is 1. The van der Waals surface area contributed by atoms with Crippen LogP contribution in [0.2, 0.25) is 5.02 Å². The highest BCUT2D eigenvalue weighted by atomic mass is 35.5. The standard InChI is InChI=1S/C9H11ClO/c1-6-4-5-8(11-3)7(2)9(6)10/h4-5H,1-3H3. The van der Waals surface area contributed by atoms with Gasteiger partial charge in [-0.2, -0.15) is 0 Å². The second-order valence-electron chi connectivity index (χ2n) is 2.52. The topological polar surface area (TPSA) is 9.23 Å². The molecular weight excluding hydrogens is 160 g/mol. The maximum Gasteiger partial charge on any atom is 0.123 e. The third-order valence-electron chi connectivity index (χ3n) is 1.75. The molecule has 0 saturated heterocycles. The van der Waals surface area contributed by atoms with Gasteiger partial charge in [-0.25, -0.2) is 0 Å². The van der Waals surface area contributed by atoms with Crippen molar-refractivity contribution >= 4 is 11.6 Å². The lowest BCUT2D eigenvalue weighted by Gasteiger charge is -2.07. The predicted molar refractivity (Wildman–Crippen MR) is 47.5 cm³/mol. The molecule has 0 aliphatic rings. The lowest BCUT2D eigenvalue weighted by Crippen LogP contribution is -1.88. The highest BCUT2D eigenvalue weighted by Gasteiger charge is 2.03. The van der Waals surface area contributed by atoms with Gasteiger partial charge in [0, 0.05) is 5.56 Å². The monoisotopic (exact) mass is 170 g/mol. The van der Waals surface area contributed by atoms with Crippen LogP contribution in [-0.4, -0.2) is 7.11 Å². The number of ether oxygens (including phenoxy) is 1. The maximum absolute atomic E-state index is 5.98. The van der Waals surface area contributed by atoms with Gasteiger partial charge in [-0.3, -0.25) is 0 Å². The van der Waals surface area contributed by atoms with E-state index in [1.807, 2.05) is 26.0 Å². The van der Waals surface area contributed by atoms with Crippen LogP contribution >= 0.6 is 11.6 Å². The molecule has 11 heavy (non-hydrogen) atoms. The van der Waals surface area contributed by atoms with Gasteiger partial charge in [0.15, 0.2) is 0 Å².